The molecule has 3 rings (SSSR count). The number of nitrogen functional groups attached to an aromatic ring is 2. The molecule has 3 aromatic rings. The van der Waals surface area contributed by atoms with Gasteiger partial charge in [0.15, 0.2) is 33.5 Å². The van der Waals surface area contributed by atoms with E-state index in [2.05, 4.69) is 29.7 Å². The molecule has 0 spiro atoms. The van der Waals surface area contributed by atoms with Crippen LogP contribution in [-0.2, 0) is 24.4 Å². The van der Waals surface area contributed by atoms with Crippen molar-refractivity contribution in [1.29, 1.82) is 0 Å². The zero-order valence-electron chi connectivity index (χ0n) is 20.2. The molecular weight excluding hydrogens is 509 g/mol. The number of imidazole rings is 1. The molecule has 8 N–H and O–H groups in total. The SMILES string of the molecule is CCn1c(CNC(=O)c2nc(Cl)c(N)nc2N)[n+](CCCC(=O)NCCN)c2ccc(OC)cc21.[Cl-]. The van der Waals surface area contributed by atoms with Crippen LogP contribution in [-0.4, -0.2) is 46.5 Å². The van der Waals surface area contributed by atoms with Gasteiger partial charge >= 0.3 is 0 Å². The van der Waals surface area contributed by atoms with E-state index < -0.39 is 5.91 Å². The highest BCUT2D eigenvalue weighted by atomic mass is 35.5. The molecule has 0 bridgehead atoms. The minimum Gasteiger partial charge on any atom is -1.00 e. The van der Waals surface area contributed by atoms with Crippen molar-refractivity contribution < 1.29 is 31.3 Å². The third-order valence-electron chi connectivity index (χ3n) is 5.48. The average Bonchev–Trinajstić information content (AvgIpc) is 3.14. The number of carbonyl (C=O) groups excluding carboxylic acids is 2. The summed E-state index contributed by atoms with van der Waals surface area (Å²) in [7, 11) is 1.61. The Bertz CT molecular complexity index is 1230. The lowest BCUT2D eigenvalue weighted by molar-refractivity contribution is -0.680. The topological polar surface area (TPSA) is 180 Å². The van der Waals surface area contributed by atoms with E-state index in [0.29, 0.717) is 44.8 Å². The maximum Gasteiger partial charge on any atom is 0.277 e. The van der Waals surface area contributed by atoms with Crippen molar-refractivity contribution >= 4 is 46.1 Å². The van der Waals surface area contributed by atoms with Gasteiger partial charge in [-0.1, -0.05) is 11.6 Å². The highest BCUT2D eigenvalue weighted by Crippen LogP contribution is 2.22. The fraction of sp³-hybridized carbons (Fsp3) is 0.409. The first-order valence-electron chi connectivity index (χ1n) is 11.2. The van der Waals surface area contributed by atoms with E-state index in [1.807, 2.05) is 25.1 Å². The Labute approximate surface area is 219 Å². The quantitative estimate of drug-likeness (QED) is 0.164. The fourth-order valence-electron chi connectivity index (χ4n) is 3.84. The summed E-state index contributed by atoms with van der Waals surface area (Å²) in [5, 5.41) is 5.53. The lowest BCUT2D eigenvalue weighted by atomic mass is 10.2. The van der Waals surface area contributed by atoms with Crippen molar-refractivity contribution in [2.45, 2.75) is 39.4 Å². The third kappa shape index (κ3) is 6.45. The maximum atomic E-state index is 12.8. The standard InChI is InChI=1S/C22H30ClN9O3.ClH/c1-3-31-15-11-13(35-2)6-7-14(15)32(10-4-5-16(33)27-9-8-24)17(31)12-28-22(34)18-20(25)30-21(26)19(23)29-18;/h6-7,11H,3-5,8-10,12,24H2,1-2H3,(H5-,25,26,27,28,30,33,34);1H. The van der Waals surface area contributed by atoms with Gasteiger partial charge in [-0.3, -0.25) is 9.59 Å². The smallest absolute Gasteiger partial charge is 0.277 e. The second-order valence-electron chi connectivity index (χ2n) is 7.73. The molecule has 14 heteroatoms. The second kappa shape index (κ2) is 13.1. The third-order valence-corrected chi connectivity index (χ3v) is 5.76. The van der Waals surface area contributed by atoms with Crippen molar-refractivity contribution in [3.05, 3.63) is 34.9 Å². The predicted octanol–water partition coefficient (Wildman–Crippen LogP) is -2.65. The minimum atomic E-state index is -0.532. The van der Waals surface area contributed by atoms with E-state index in [-0.39, 0.29) is 47.3 Å². The molecule has 0 unspecified atom stereocenters. The highest BCUT2D eigenvalue weighted by Gasteiger charge is 2.26. The van der Waals surface area contributed by atoms with Gasteiger partial charge in [-0.15, -0.1) is 0 Å². The molecule has 36 heavy (non-hydrogen) atoms. The number of benzene rings is 1. The molecule has 1 aromatic carbocycles. The zero-order valence-corrected chi connectivity index (χ0v) is 21.7. The van der Waals surface area contributed by atoms with Crippen molar-refractivity contribution in [3.63, 3.8) is 0 Å². The van der Waals surface area contributed by atoms with Gasteiger partial charge in [0.1, 0.15) is 12.3 Å². The summed E-state index contributed by atoms with van der Waals surface area (Å²) in [4.78, 5) is 32.7. The number of halogens is 2. The van der Waals surface area contributed by atoms with Gasteiger partial charge < -0.3 is 45.0 Å². The van der Waals surface area contributed by atoms with Crippen LogP contribution in [0.25, 0.3) is 11.0 Å². The van der Waals surface area contributed by atoms with E-state index >= 15 is 0 Å². The van der Waals surface area contributed by atoms with Crippen LogP contribution in [0, 0.1) is 0 Å². The summed E-state index contributed by atoms with van der Waals surface area (Å²) in [5.74, 6) is 0.805. The van der Waals surface area contributed by atoms with Crippen molar-refractivity contribution in [2.75, 3.05) is 31.7 Å². The first-order chi connectivity index (χ1) is 16.8. The fourth-order valence-corrected chi connectivity index (χ4v) is 3.97. The van der Waals surface area contributed by atoms with Crippen LogP contribution < -0.4 is 49.5 Å². The van der Waals surface area contributed by atoms with Gasteiger partial charge in [-0.25, -0.2) is 19.1 Å². The van der Waals surface area contributed by atoms with Gasteiger partial charge in [0.05, 0.1) is 20.2 Å². The number of hydrogen-bond acceptors (Lipinski definition) is 8. The van der Waals surface area contributed by atoms with E-state index in [0.717, 1.165) is 16.9 Å². The largest absolute Gasteiger partial charge is 1.00 e. The number of methoxy groups -OCH3 is 1. The summed E-state index contributed by atoms with van der Waals surface area (Å²) >= 11 is 5.92. The maximum absolute atomic E-state index is 12.8. The summed E-state index contributed by atoms with van der Waals surface area (Å²) in [5.41, 5.74) is 18.7. The second-order valence-corrected chi connectivity index (χ2v) is 8.08. The molecule has 0 saturated carbocycles. The van der Waals surface area contributed by atoms with E-state index in [1.54, 1.807) is 7.11 Å². The monoisotopic (exact) mass is 539 g/mol. The lowest BCUT2D eigenvalue weighted by Gasteiger charge is -2.09. The number of anilines is 2. The van der Waals surface area contributed by atoms with Crippen LogP contribution in [0.4, 0.5) is 11.6 Å². The first-order valence-corrected chi connectivity index (χ1v) is 11.6. The molecule has 12 nitrogen and oxygen atoms in total. The number of fused-ring (bicyclic) bond motifs is 1. The molecule has 0 atom stereocenters. The Hall–Kier alpha value is -3.35. The number of rotatable bonds is 11. The number of aryl methyl sites for hydroxylation is 2. The van der Waals surface area contributed by atoms with Gasteiger partial charge in [0.2, 0.25) is 5.91 Å². The number of nitrogens with two attached hydrogens (primary N) is 3. The highest BCUT2D eigenvalue weighted by molar-refractivity contribution is 6.31. The summed E-state index contributed by atoms with van der Waals surface area (Å²) < 4.78 is 9.57. The predicted molar refractivity (Wildman–Crippen MR) is 133 cm³/mol. The van der Waals surface area contributed by atoms with Crippen LogP contribution in [0.5, 0.6) is 5.75 Å². The molecule has 0 aliphatic carbocycles. The molecule has 2 heterocycles. The molecule has 0 saturated heterocycles. The normalized spacial score (nSPS) is 10.7. The summed E-state index contributed by atoms with van der Waals surface area (Å²) in [6.07, 6.45) is 0.951. The number of hydrogen-bond donors (Lipinski definition) is 5. The number of amides is 2. The van der Waals surface area contributed by atoms with Crippen LogP contribution >= 0.6 is 11.6 Å². The van der Waals surface area contributed by atoms with Gasteiger partial charge in [0, 0.05) is 25.6 Å². The van der Waals surface area contributed by atoms with Crippen LogP contribution in [0.2, 0.25) is 5.15 Å². The molecular formula is C22H31Cl2N9O3. The number of nitrogens with zero attached hydrogens (tertiary/aromatic N) is 4. The van der Waals surface area contributed by atoms with Gasteiger partial charge in [-0.2, -0.15) is 0 Å². The van der Waals surface area contributed by atoms with Crippen LogP contribution in [0.1, 0.15) is 36.1 Å². The van der Waals surface area contributed by atoms with Crippen LogP contribution in [0.3, 0.4) is 0 Å². The van der Waals surface area contributed by atoms with Gasteiger partial charge in [-0.05, 0) is 25.5 Å². The van der Waals surface area contributed by atoms with Crippen molar-refractivity contribution in [1.82, 2.24) is 25.2 Å². The number of aromatic nitrogens is 4. The number of ether oxygens (including phenoxy) is 1. The molecule has 0 aliphatic heterocycles. The Morgan fingerprint density at radius 1 is 1.19 bits per heavy atom. The first kappa shape index (κ1) is 28.9. The molecule has 2 aromatic heterocycles. The number of carbonyl (C=O) groups is 2. The molecule has 0 fully saturated rings. The Balaban J connectivity index is 0.00000456. The Morgan fingerprint density at radius 3 is 2.61 bits per heavy atom. The van der Waals surface area contributed by atoms with E-state index in [4.69, 9.17) is 33.5 Å². The lowest BCUT2D eigenvalue weighted by Crippen LogP contribution is -3.00. The summed E-state index contributed by atoms with van der Waals surface area (Å²) in [6, 6.07) is 5.78. The Kier molecular flexibility index (Phi) is 10.5. The molecule has 196 valence electrons. The van der Waals surface area contributed by atoms with E-state index in [1.165, 1.54) is 0 Å². The van der Waals surface area contributed by atoms with Crippen molar-refractivity contribution in [2.24, 2.45) is 5.73 Å². The summed E-state index contributed by atoms with van der Waals surface area (Å²) in [6.45, 7) is 4.23. The van der Waals surface area contributed by atoms with E-state index in [9.17, 15) is 9.59 Å². The van der Waals surface area contributed by atoms with Crippen LogP contribution in [0.15, 0.2) is 18.2 Å². The zero-order chi connectivity index (χ0) is 25.5. The number of nitrogens with one attached hydrogen (secondary N) is 2. The van der Waals surface area contributed by atoms with Gasteiger partial charge in [0.25, 0.3) is 11.7 Å². The van der Waals surface area contributed by atoms with Crippen molar-refractivity contribution in [3.8, 4) is 5.75 Å². The molecule has 2 amide bonds. The average molecular weight is 540 g/mol. The molecule has 0 aliphatic rings. The minimum absolute atomic E-state index is 0. The Morgan fingerprint density at radius 2 is 1.94 bits per heavy atom. The molecule has 0 radical (unpaired) electrons.